The highest BCUT2D eigenvalue weighted by molar-refractivity contribution is 5.88. The van der Waals surface area contributed by atoms with Crippen LogP contribution >= 0.6 is 0 Å². The molecular formula is C10H16O3. The first-order valence-electron chi connectivity index (χ1n) is 4.84. The lowest BCUT2D eigenvalue weighted by Crippen LogP contribution is -2.17. The molecule has 3 heteroatoms. The Balaban J connectivity index is 2.38. The van der Waals surface area contributed by atoms with Gasteiger partial charge < -0.3 is 4.74 Å². The predicted octanol–water partition coefficient (Wildman–Crippen LogP) is 1.55. The zero-order valence-electron chi connectivity index (χ0n) is 8.21. The number of carbonyl (C=O) groups excluding carboxylic acids is 2. The van der Waals surface area contributed by atoms with Crippen molar-refractivity contribution >= 4 is 11.8 Å². The Morgan fingerprint density at radius 2 is 2.23 bits per heavy atom. The minimum Gasteiger partial charge on any atom is -0.466 e. The molecule has 1 aliphatic rings. The molecular weight excluding hydrogens is 168 g/mol. The topological polar surface area (TPSA) is 43.4 Å². The summed E-state index contributed by atoms with van der Waals surface area (Å²) < 4.78 is 4.80. The third-order valence-corrected chi connectivity index (χ3v) is 2.55. The van der Waals surface area contributed by atoms with Crippen LogP contribution in [0.5, 0.6) is 0 Å². The zero-order chi connectivity index (χ0) is 9.84. The molecule has 0 N–H and O–H groups in total. The van der Waals surface area contributed by atoms with Gasteiger partial charge in [-0.3, -0.25) is 9.59 Å². The molecule has 0 spiro atoms. The third-order valence-electron chi connectivity index (χ3n) is 2.55. The first-order valence-corrected chi connectivity index (χ1v) is 4.84. The highest BCUT2D eigenvalue weighted by Gasteiger charge is 2.32. The van der Waals surface area contributed by atoms with E-state index in [1.165, 1.54) is 0 Å². The van der Waals surface area contributed by atoms with Crippen LogP contribution in [0.15, 0.2) is 0 Å². The van der Waals surface area contributed by atoms with Crippen molar-refractivity contribution in [2.45, 2.75) is 33.1 Å². The van der Waals surface area contributed by atoms with Gasteiger partial charge in [0.2, 0.25) is 0 Å². The number of hydrogen-bond acceptors (Lipinski definition) is 3. The van der Waals surface area contributed by atoms with Crippen LogP contribution in [0.2, 0.25) is 0 Å². The van der Waals surface area contributed by atoms with Gasteiger partial charge in [-0.15, -0.1) is 0 Å². The quantitative estimate of drug-likeness (QED) is 0.625. The average molecular weight is 184 g/mol. The van der Waals surface area contributed by atoms with Crippen molar-refractivity contribution in [1.29, 1.82) is 0 Å². The van der Waals surface area contributed by atoms with Gasteiger partial charge in [0.1, 0.15) is 5.78 Å². The van der Waals surface area contributed by atoms with E-state index in [9.17, 15) is 9.59 Å². The van der Waals surface area contributed by atoms with Gasteiger partial charge in [0.15, 0.2) is 0 Å². The van der Waals surface area contributed by atoms with E-state index in [2.05, 4.69) is 0 Å². The number of carbonyl (C=O) groups is 2. The molecule has 0 saturated heterocycles. The minimum atomic E-state index is -0.241. The van der Waals surface area contributed by atoms with Gasteiger partial charge in [-0.1, -0.05) is 6.92 Å². The van der Waals surface area contributed by atoms with E-state index < -0.39 is 0 Å². The van der Waals surface area contributed by atoms with E-state index in [-0.39, 0.29) is 30.0 Å². The smallest absolute Gasteiger partial charge is 0.306 e. The Morgan fingerprint density at radius 3 is 2.69 bits per heavy atom. The van der Waals surface area contributed by atoms with Crippen LogP contribution < -0.4 is 0 Å². The molecule has 74 valence electrons. The van der Waals surface area contributed by atoms with Crippen molar-refractivity contribution < 1.29 is 14.3 Å². The highest BCUT2D eigenvalue weighted by atomic mass is 16.5. The lowest BCUT2D eigenvalue weighted by atomic mass is 10.0. The van der Waals surface area contributed by atoms with Crippen molar-refractivity contribution in [3.05, 3.63) is 0 Å². The second-order valence-corrected chi connectivity index (χ2v) is 3.59. The summed E-state index contributed by atoms with van der Waals surface area (Å²) in [7, 11) is 0. The van der Waals surface area contributed by atoms with E-state index >= 15 is 0 Å². The fourth-order valence-electron chi connectivity index (χ4n) is 1.76. The molecule has 3 nitrogen and oxygen atoms in total. The van der Waals surface area contributed by atoms with Gasteiger partial charge in [-0.05, 0) is 19.8 Å². The summed E-state index contributed by atoms with van der Waals surface area (Å²) in [5.74, 6) is 0.0523. The first-order chi connectivity index (χ1) is 6.15. The second-order valence-electron chi connectivity index (χ2n) is 3.59. The Morgan fingerprint density at radius 1 is 1.54 bits per heavy atom. The highest BCUT2D eigenvalue weighted by Crippen LogP contribution is 2.29. The van der Waals surface area contributed by atoms with Gasteiger partial charge in [0, 0.05) is 11.8 Å². The Hall–Kier alpha value is -0.860. The lowest BCUT2D eigenvalue weighted by Gasteiger charge is -2.07. The van der Waals surface area contributed by atoms with Gasteiger partial charge in [-0.2, -0.15) is 0 Å². The number of ether oxygens (including phenoxy) is 1. The van der Waals surface area contributed by atoms with Crippen LogP contribution in [-0.2, 0) is 14.3 Å². The summed E-state index contributed by atoms with van der Waals surface area (Å²) >= 11 is 0. The van der Waals surface area contributed by atoms with Gasteiger partial charge in [0.25, 0.3) is 0 Å². The molecule has 0 radical (unpaired) electrons. The van der Waals surface area contributed by atoms with Crippen LogP contribution in [0.3, 0.4) is 0 Å². The standard InChI is InChI=1S/C10H16O3/c1-3-13-9(11)6-8-5-4-7(2)10(8)12/h7-8H,3-6H2,1-2H3/t7-,8+/m0/s1. The maximum Gasteiger partial charge on any atom is 0.306 e. The summed E-state index contributed by atoms with van der Waals surface area (Å²) in [6, 6.07) is 0. The number of hydrogen-bond donors (Lipinski definition) is 0. The molecule has 0 aromatic carbocycles. The molecule has 0 heterocycles. The molecule has 0 aromatic heterocycles. The predicted molar refractivity (Wildman–Crippen MR) is 48.1 cm³/mol. The second kappa shape index (κ2) is 4.40. The molecule has 0 aromatic rings. The van der Waals surface area contributed by atoms with Gasteiger partial charge >= 0.3 is 5.97 Å². The molecule has 0 bridgehead atoms. The SMILES string of the molecule is CCOC(=O)C[C@H]1CC[C@H](C)C1=O. The fraction of sp³-hybridized carbons (Fsp3) is 0.800. The first kappa shape index (κ1) is 10.2. The third kappa shape index (κ3) is 2.54. The van der Waals surface area contributed by atoms with Gasteiger partial charge in [-0.25, -0.2) is 0 Å². The summed E-state index contributed by atoms with van der Waals surface area (Å²) in [6.07, 6.45) is 2.04. The van der Waals surface area contributed by atoms with E-state index in [1.54, 1.807) is 6.92 Å². The number of esters is 1. The van der Waals surface area contributed by atoms with Crippen molar-refractivity contribution in [3.63, 3.8) is 0 Å². The molecule has 1 rings (SSSR count). The Kier molecular flexibility index (Phi) is 3.46. The molecule has 1 aliphatic carbocycles. The van der Waals surface area contributed by atoms with Crippen LogP contribution in [-0.4, -0.2) is 18.4 Å². The normalized spacial score (nSPS) is 27.7. The van der Waals surface area contributed by atoms with Crippen LogP contribution in [0.4, 0.5) is 0 Å². The Labute approximate surface area is 78.5 Å². The number of rotatable bonds is 3. The van der Waals surface area contributed by atoms with E-state index in [1.807, 2.05) is 6.92 Å². The lowest BCUT2D eigenvalue weighted by molar-refractivity contribution is -0.145. The fourth-order valence-corrected chi connectivity index (χ4v) is 1.76. The number of ketones is 1. The summed E-state index contributed by atoms with van der Waals surface area (Å²) in [5, 5.41) is 0. The van der Waals surface area contributed by atoms with Crippen LogP contribution in [0.1, 0.15) is 33.1 Å². The maximum absolute atomic E-state index is 11.4. The molecule has 0 unspecified atom stereocenters. The minimum absolute atomic E-state index is 0.0750. The van der Waals surface area contributed by atoms with Crippen molar-refractivity contribution in [1.82, 2.24) is 0 Å². The van der Waals surface area contributed by atoms with Crippen LogP contribution in [0.25, 0.3) is 0 Å². The molecule has 0 amide bonds. The molecule has 1 fully saturated rings. The zero-order valence-corrected chi connectivity index (χ0v) is 8.21. The summed E-state index contributed by atoms with van der Waals surface area (Å²) in [5.41, 5.74) is 0. The van der Waals surface area contributed by atoms with Crippen molar-refractivity contribution in [2.24, 2.45) is 11.8 Å². The molecule has 2 atom stereocenters. The van der Waals surface area contributed by atoms with Gasteiger partial charge in [0.05, 0.1) is 13.0 Å². The van der Waals surface area contributed by atoms with Crippen LogP contribution in [0, 0.1) is 11.8 Å². The van der Waals surface area contributed by atoms with Crippen molar-refractivity contribution in [3.8, 4) is 0 Å². The van der Waals surface area contributed by atoms with E-state index in [0.717, 1.165) is 12.8 Å². The molecule has 1 saturated carbocycles. The van der Waals surface area contributed by atoms with Crippen molar-refractivity contribution in [2.75, 3.05) is 6.61 Å². The Bertz CT molecular complexity index is 210. The van der Waals surface area contributed by atoms with E-state index in [0.29, 0.717) is 6.61 Å². The average Bonchev–Trinajstić information content (AvgIpc) is 2.37. The molecule has 0 aliphatic heterocycles. The number of Topliss-reactive ketones (excluding diaryl/α,β-unsaturated/α-hetero) is 1. The van der Waals surface area contributed by atoms with E-state index in [4.69, 9.17) is 4.74 Å². The summed E-state index contributed by atoms with van der Waals surface area (Å²) in [6.45, 7) is 4.10. The molecule has 13 heavy (non-hydrogen) atoms. The monoisotopic (exact) mass is 184 g/mol. The maximum atomic E-state index is 11.4. The summed E-state index contributed by atoms with van der Waals surface area (Å²) in [4.78, 5) is 22.5. The largest absolute Gasteiger partial charge is 0.466 e.